The number of carbonyl (C=O) groups excluding carboxylic acids is 2. The fourth-order valence-corrected chi connectivity index (χ4v) is 2.39. The molecule has 0 fully saturated rings. The number of hydrogen-bond acceptors (Lipinski definition) is 2. The molecule has 4 nitrogen and oxygen atoms in total. The van der Waals surface area contributed by atoms with E-state index in [9.17, 15) is 14.0 Å². The first-order valence-corrected chi connectivity index (χ1v) is 7.83. The number of aryl methyl sites for hydroxylation is 2. The van der Waals surface area contributed by atoms with Gasteiger partial charge in [-0.25, -0.2) is 4.39 Å². The fourth-order valence-electron chi connectivity index (χ4n) is 2.39. The van der Waals surface area contributed by atoms with E-state index < -0.39 is 0 Å². The molecule has 2 aromatic rings. The minimum Gasteiger partial charge on any atom is -0.355 e. The summed E-state index contributed by atoms with van der Waals surface area (Å²) >= 11 is 0. The van der Waals surface area contributed by atoms with Crippen LogP contribution in [0.2, 0.25) is 0 Å². The Kier molecular flexibility index (Phi) is 6.07. The monoisotopic (exact) mass is 328 g/mol. The molecule has 0 unspecified atom stereocenters. The van der Waals surface area contributed by atoms with Gasteiger partial charge in [0.05, 0.1) is 0 Å². The quantitative estimate of drug-likeness (QED) is 0.801. The van der Waals surface area contributed by atoms with E-state index in [0.29, 0.717) is 17.7 Å². The zero-order valence-corrected chi connectivity index (χ0v) is 13.9. The van der Waals surface area contributed by atoms with Gasteiger partial charge in [-0.1, -0.05) is 35.9 Å². The second kappa shape index (κ2) is 8.24. The van der Waals surface area contributed by atoms with E-state index in [1.54, 1.807) is 18.2 Å². The molecule has 0 saturated heterocycles. The molecule has 126 valence electrons. The molecule has 0 aromatic heterocycles. The molecule has 0 atom stereocenters. The normalized spacial score (nSPS) is 10.3. The number of nitrogens with one attached hydrogen (secondary N) is 2. The maximum absolute atomic E-state index is 13.5. The van der Waals surface area contributed by atoms with Gasteiger partial charge in [0.2, 0.25) is 11.8 Å². The number of anilines is 1. The highest BCUT2D eigenvalue weighted by Crippen LogP contribution is 2.16. The molecule has 0 spiro atoms. The minimum atomic E-state index is -0.381. The van der Waals surface area contributed by atoms with Gasteiger partial charge in [0.25, 0.3) is 0 Å². The van der Waals surface area contributed by atoms with Crippen molar-refractivity contribution in [2.24, 2.45) is 0 Å². The summed E-state index contributed by atoms with van der Waals surface area (Å²) in [5, 5.41) is 5.36. The molecule has 0 aliphatic heterocycles. The Bertz CT molecular complexity index is 744. The summed E-state index contributed by atoms with van der Waals surface area (Å²) in [5.74, 6) is -1.04. The fraction of sp³-hybridized carbons (Fsp3) is 0.263. The Balaban J connectivity index is 1.77. The van der Waals surface area contributed by atoms with Crippen molar-refractivity contribution in [1.82, 2.24) is 5.32 Å². The van der Waals surface area contributed by atoms with Gasteiger partial charge in [0.15, 0.2) is 0 Å². The third-order valence-corrected chi connectivity index (χ3v) is 3.65. The summed E-state index contributed by atoms with van der Waals surface area (Å²) < 4.78 is 13.5. The van der Waals surface area contributed by atoms with E-state index in [4.69, 9.17) is 0 Å². The van der Waals surface area contributed by atoms with Crippen LogP contribution in [0, 0.1) is 19.7 Å². The summed E-state index contributed by atoms with van der Waals surface area (Å²) in [6.45, 7) is 4.16. The van der Waals surface area contributed by atoms with E-state index in [2.05, 4.69) is 10.6 Å². The molecular formula is C19H21FN2O2. The highest BCUT2D eigenvalue weighted by Gasteiger charge is 2.11. The largest absolute Gasteiger partial charge is 0.355 e. The van der Waals surface area contributed by atoms with Crippen LogP contribution in [0.1, 0.15) is 23.1 Å². The van der Waals surface area contributed by atoms with Crippen LogP contribution in [-0.4, -0.2) is 18.4 Å². The molecule has 2 N–H and O–H groups in total. The van der Waals surface area contributed by atoms with Crippen molar-refractivity contribution in [2.75, 3.05) is 11.9 Å². The third kappa shape index (κ3) is 5.19. The van der Waals surface area contributed by atoms with Gasteiger partial charge in [-0.3, -0.25) is 9.59 Å². The Labute approximate surface area is 141 Å². The van der Waals surface area contributed by atoms with Crippen LogP contribution in [0.5, 0.6) is 0 Å². The van der Waals surface area contributed by atoms with E-state index in [1.165, 1.54) is 6.07 Å². The van der Waals surface area contributed by atoms with Crippen LogP contribution in [0.15, 0.2) is 42.5 Å². The van der Waals surface area contributed by atoms with Crippen LogP contribution in [0.4, 0.5) is 10.1 Å². The number of amides is 2. The molecule has 0 heterocycles. The lowest BCUT2D eigenvalue weighted by Gasteiger charge is -2.09. The first kappa shape index (κ1) is 17.7. The molecule has 0 aliphatic rings. The first-order valence-electron chi connectivity index (χ1n) is 7.83. The van der Waals surface area contributed by atoms with Crippen molar-refractivity contribution >= 4 is 17.5 Å². The van der Waals surface area contributed by atoms with Gasteiger partial charge < -0.3 is 10.6 Å². The van der Waals surface area contributed by atoms with Crippen LogP contribution in [0.25, 0.3) is 0 Å². The van der Waals surface area contributed by atoms with Crippen LogP contribution in [-0.2, 0) is 16.0 Å². The lowest BCUT2D eigenvalue weighted by Crippen LogP contribution is -2.30. The predicted molar refractivity (Wildman–Crippen MR) is 92.3 cm³/mol. The molecule has 0 saturated carbocycles. The minimum absolute atomic E-state index is 0.259. The molecule has 0 radical (unpaired) electrons. The van der Waals surface area contributed by atoms with Crippen molar-refractivity contribution < 1.29 is 14.0 Å². The number of benzene rings is 2. The SMILES string of the molecule is Cc1ccc(NC(=O)CC(=O)NCCc2ccccc2F)c(C)c1. The predicted octanol–water partition coefficient (Wildman–Crippen LogP) is 3.13. The topological polar surface area (TPSA) is 58.2 Å². The first-order chi connectivity index (χ1) is 11.5. The van der Waals surface area contributed by atoms with E-state index in [0.717, 1.165) is 11.1 Å². The van der Waals surface area contributed by atoms with Gasteiger partial charge in [0.1, 0.15) is 12.2 Å². The maximum atomic E-state index is 13.5. The summed E-state index contributed by atoms with van der Waals surface area (Å²) in [4.78, 5) is 23.7. The lowest BCUT2D eigenvalue weighted by atomic mass is 10.1. The Morgan fingerprint density at radius 3 is 2.50 bits per heavy atom. The van der Waals surface area contributed by atoms with Crippen molar-refractivity contribution in [3.05, 3.63) is 65.0 Å². The molecule has 0 bridgehead atoms. The highest BCUT2D eigenvalue weighted by atomic mass is 19.1. The Hall–Kier alpha value is -2.69. The number of hydrogen-bond donors (Lipinski definition) is 2. The molecule has 24 heavy (non-hydrogen) atoms. The highest BCUT2D eigenvalue weighted by molar-refractivity contribution is 6.03. The van der Waals surface area contributed by atoms with Gasteiger partial charge in [-0.05, 0) is 43.5 Å². The van der Waals surface area contributed by atoms with Gasteiger partial charge in [0, 0.05) is 12.2 Å². The smallest absolute Gasteiger partial charge is 0.233 e. The zero-order chi connectivity index (χ0) is 17.5. The average Bonchev–Trinajstić information content (AvgIpc) is 2.52. The second-order valence-electron chi connectivity index (χ2n) is 5.73. The summed E-state index contributed by atoms with van der Waals surface area (Å²) in [6.07, 6.45) is 0.127. The van der Waals surface area contributed by atoms with Crippen molar-refractivity contribution in [2.45, 2.75) is 26.7 Å². The summed E-state index contributed by atoms with van der Waals surface area (Å²) in [7, 11) is 0. The zero-order valence-electron chi connectivity index (χ0n) is 13.9. The molecule has 2 amide bonds. The van der Waals surface area contributed by atoms with Gasteiger partial charge >= 0.3 is 0 Å². The van der Waals surface area contributed by atoms with Crippen LogP contribution < -0.4 is 10.6 Å². The Morgan fingerprint density at radius 1 is 1.04 bits per heavy atom. The number of rotatable bonds is 6. The van der Waals surface area contributed by atoms with Crippen molar-refractivity contribution in [3.63, 3.8) is 0 Å². The number of halogens is 1. The lowest BCUT2D eigenvalue weighted by molar-refractivity contribution is -0.126. The van der Waals surface area contributed by atoms with Crippen LogP contribution in [0.3, 0.4) is 0 Å². The molecule has 5 heteroatoms. The standard InChI is InChI=1S/C19H21FN2O2/c1-13-7-8-17(14(2)11-13)22-19(24)12-18(23)21-10-9-15-5-3-4-6-16(15)20/h3-8,11H,9-10,12H2,1-2H3,(H,21,23)(H,22,24). The van der Waals surface area contributed by atoms with Crippen LogP contribution >= 0.6 is 0 Å². The van der Waals surface area contributed by atoms with Crippen molar-refractivity contribution in [1.29, 1.82) is 0 Å². The number of carbonyl (C=O) groups is 2. The van der Waals surface area contributed by atoms with E-state index >= 15 is 0 Å². The summed E-state index contributed by atoms with van der Waals surface area (Å²) in [5.41, 5.74) is 3.29. The van der Waals surface area contributed by atoms with Gasteiger partial charge in [-0.15, -0.1) is 0 Å². The second-order valence-corrected chi connectivity index (χ2v) is 5.73. The Morgan fingerprint density at radius 2 is 1.79 bits per heavy atom. The summed E-state index contributed by atoms with van der Waals surface area (Å²) in [6, 6.07) is 12.1. The van der Waals surface area contributed by atoms with Crippen molar-refractivity contribution in [3.8, 4) is 0 Å². The molecule has 2 aromatic carbocycles. The van der Waals surface area contributed by atoms with E-state index in [1.807, 2.05) is 32.0 Å². The molecule has 2 rings (SSSR count). The average molecular weight is 328 g/mol. The van der Waals surface area contributed by atoms with E-state index in [-0.39, 0.29) is 30.6 Å². The van der Waals surface area contributed by atoms with Gasteiger partial charge in [-0.2, -0.15) is 0 Å². The molecular weight excluding hydrogens is 307 g/mol. The molecule has 0 aliphatic carbocycles. The maximum Gasteiger partial charge on any atom is 0.233 e. The third-order valence-electron chi connectivity index (χ3n) is 3.65.